The molecule has 0 amide bonds. The van der Waals surface area contributed by atoms with Gasteiger partial charge in [0.15, 0.2) is 12.4 Å². The molecule has 1 fully saturated rings. The fourth-order valence-electron chi connectivity index (χ4n) is 2.13. The zero-order valence-corrected chi connectivity index (χ0v) is 11.3. The number of aliphatic hydroxyl groups is 2. The quantitative estimate of drug-likeness (QED) is 0.777. The molecule has 0 radical (unpaired) electrons. The van der Waals surface area contributed by atoms with Crippen LogP contribution >= 0.6 is 0 Å². The van der Waals surface area contributed by atoms with Crippen molar-refractivity contribution in [3.8, 4) is 0 Å². The Balaban J connectivity index is 2.07. The minimum Gasteiger partial charge on any atom is -0.453 e. The predicted molar refractivity (Wildman–Crippen MR) is 69.0 cm³/mol. The summed E-state index contributed by atoms with van der Waals surface area (Å²) in [6, 6.07) is 8.42. The molecule has 1 unspecified atom stereocenters. The van der Waals surface area contributed by atoms with E-state index < -0.39 is 36.7 Å². The summed E-state index contributed by atoms with van der Waals surface area (Å²) in [5.41, 5.74) is 0.371. The van der Waals surface area contributed by atoms with Gasteiger partial charge < -0.3 is 24.4 Å². The van der Waals surface area contributed by atoms with Crippen LogP contribution in [0.3, 0.4) is 0 Å². The summed E-state index contributed by atoms with van der Waals surface area (Å²) in [6.45, 7) is 1.64. The summed E-state index contributed by atoms with van der Waals surface area (Å²) in [5.74, 6) is -0.576. The first-order valence-electron chi connectivity index (χ1n) is 6.35. The zero-order chi connectivity index (χ0) is 14.7. The van der Waals surface area contributed by atoms with E-state index in [1.165, 1.54) is 7.11 Å². The van der Waals surface area contributed by atoms with Gasteiger partial charge in [-0.25, -0.2) is 4.79 Å². The standard InChI is InChI=1S/C14H18O6/c1-8-12(10(15)11(16)14(18-2)19-8)20-13(17)9-6-4-3-5-7-9/h3-8,10-12,14-16H,1-2H3/t8-,10-,11+,12-,14?/m0/s1. The molecular weight excluding hydrogens is 264 g/mol. The van der Waals surface area contributed by atoms with Crippen LogP contribution in [0.4, 0.5) is 0 Å². The highest BCUT2D eigenvalue weighted by atomic mass is 16.7. The first-order chi connectivity index (χ1) is 9.54. The highest BCUT2D eigenvalue weighted by molar-refractivity contribution is 5.89. The van der Waals surface area contributed by atoms with Gasteiger partial charge in [0.2, 0.25) is 0 Å². The van der Waals surface area contributed by atoms with Crippen LogP contribution in [0.1, 0.15) is 17.3 Å². The van der Waals surface area contributed by atoms with Gasteiger partial charge in [-0.1, -0.05) is 18.2 Å². The molecule has 0 bridgehead atoms. The van der Waals surface area contributed by atoms with Crippen molar-refractivity contribution in [1.29, 1.82) is 0 Å². The molecule has 6 nitrogen and oxygen atoms in total. The van der Waals surface area contributed by atoms with Gasteiger partial charge in [0.1, 0.15) is 12.2 Å². The molecule has 0 aromatic heterocycles. The van der Waals surface area contributed by atoms with E-state index in [0.29, 0.717) is 5.56 Å². The third-order valence-electron chi connectivity index (χ3n) is 3.26. The lowest BCUT2D eigenvalue weighted by Crippen LogP contribution is -2.58. The van der Waals surface area contributed by atoms with Gasteiger partial charge in [-0.2, -0.15) is 0 Å². The SMILES string of the molecule is COC1O[C@@H](C)[C@H](OC(=O)c2ccccc2)[C@@H](O)[C@H]1O. The van der Waals surface area contributed by atoms with Crippen molar-refractivity contribution in [2.75, 3.05) is 7.11 Å². The Kier molecular flexibility index (Phi) is 4.72. The largest absolute Gasteiger partial charge is 0.453 e. The van der Waals surface area contributed by atoms with E-state index in [1.807, 2.05) is 0 Å². The van der Waals surface area contributed by atoms with E-state index in [4.69, 9.17) is 14.2 Å². The average Bonchev–Trinajstić information content (AvgIpc) is 2.48. The van der Waals surface area contributed by atoms with E-state index in [-0.39, 0.29) is 0 Å². The summed E-state index contributed by atoms with van der Waals surface area (Å²) < 4.78 is 15.5. The van der Waals surface area contributed by atoms with Crippen LogP contribution < -0.4 is 0 Å². The first kappa shape index (κ1) is 14.9. The van der Waals surface area contributed by atoms with E-state index in [2.05, 4.69) is 0 Å². The smallest absolute Gasteiger partial charge is 0.338 e. The van der Waals surface area contributed by atoms with Crippen molar-refractivity contribution in [1.82, 2.24) is 0 Å². The molecule has 0 saturated carbocycles. The van der Waals surface area contributed by atoms with Gasteiger partial charge in [0.05, 0.1) is 11.7 Å². The molecule has 0 aliphatic carbocycles. The average molecular weight is 282 g/mol. The number of aliphatic hydroxyl groups excluding tert-OH is 2. The normalized spacial score (nSPS) is 33.7. The first-order valence-corrected chi connectivity index (χ1v) is 6.35. The minimum atomic E-state index is -1.27. The minimum absolute atomic E-state index is 0.371. The van der Waals surface area contributed by atoms with Gasteiger partial charge >= 0.3 is 5.97 Å². The monoisotopic (exact) mass is 282 g/mol. The van der Waals surface area contributed by atoms with E-state index in [9.17, 15) is 15.0 Å². The number of carbonyl (C=O) groups excluding carboxylic acids is 1. The van der Waals surface area contributed by atoms with Crippen molar-refractivity contribution in [2.45, 2.75) is 37.6 Å². The third-order valence-corrected chi connectivity index (χ3v) is 3.26. The Hall–Kier alpha value is -1.47. The molecule has 1 aromatic rings. The molecule has 110 valence electrons. The van der Waals surface area contributed by atoms with Gasteiger partial charge in [-0.15, -0.1) is 0 Å². The molecule has 1 aliphatic rings. The molecule has 6 heteroatoms. The summed E-state index contributed by atoms with van der Waals surface area (Å²) >= 11 is 0. The van der Waals surface area contributed by atoms with Gasteiger partial charge in [-0.3, -0.25) is 0 Å². The number of hydrogen-bond donors (Lipinski definition) is 2. The Morgan fingerprint density at radius 2 is 1.85 bits per heavy atom. The predicted octanol–water partition coefficient (Wildman–Crippen LogP) is 0.325. The zero-order valence-electron chi connectivity index (χ0n) is 11.3. The van der Waals surface area contributed by atoms with Crippen LogP contribution in [0.25, 0.3) is 0 Å². The lowest BCUT2D eigenvalue weighted by molar-refractivity contribution is -0.285. The Labute approximate surface area is 116 Å². The maximum atomic E-state index is 12.0. The van der Waals surface area contributed by atoms with Crippen molar-refractivity contribution in [3.63, 3.8) is 0 Å². The van der Waals surface area contributed by atoms with Crippen molar-refractivity contribution in [2.24, 2.45) is 0 Å². The van der Waals surface area contributed by atoms with E-state index in [0.717, 1.165) is 0 Å². The molecule has 1 aromatic carbocycles. The third kappa shape index (κ3) is 2.99. The maximum absolute atomic E-state index is 12.0. The Morgan fingerprint density at radius 3 is 2.45 bits per heavy atom. The fourth-order valence-corrected chi connectivity index (χ4v) is 2.13. The van der Waals surface area contributed by atoms with Crippen LogP contribution in [0.15, 0.2) is 30.3 Å². The van der Waals surface area contributed by atoms with Crippen molar-refractivity contribution in [3.05, 3.63) is 35.9 Å². The van der Waals surface area contributed by atoms with Crippen molar-refractivity contribution >= 4 is 5.97 Å². The second kappa shape index (κ2) is 6.32. The van der Waals surface area contributed by atoms with Crippen molar-refractivity contribution < 1.29 is 29.2 Å². The van der Waals surface area contributed by atoms with Crippen LogP contribution in [-0.4, -0.2) is 54.0 Å². The summed E-state index contributed by atoms with van der Waals surface area (Å²) in [7, 11) is 1.36. The molecule has 2 rings (SSSR count). The molecular formula is C14H18O6. The molecule has 0 spiro atoms. The molecule has 1 heterocycles. The molecule has 20 heavy (non-hydrogen) atoms. The van der Waals surface area contributed by atoms with Crippen LogP contribution in [0, 0.1) is 0 Å². The van der Waals surface area contributed by atoms with E-state index in [1.54, 1.807) is 37.3 Å². The van der Waals surface area contributed by atoms with Gasteiger partial charge in [0, 0.05) is 7.11 Å². The Morgan fingerprint density at radius 1 is 1.20 bits per heavy atom. The molecule has 5 atom stereocenters. The Bertz CT molecular complexity index is 448. The number of rotatable bonds is 3. The van der Waals surface area contributed by atoms with Crippen LogP contribution in [-0.2, 0) is 14.2 Å². The number of esters is 1. The number of hydrogen-bond acceptors (Lipinski definition) is 6. The number of carbonyl (C=O) groups is 1. The second-order valence-electron chi connectivity index (χ2n) is 4.66. The fraction of sp³-hybridized carbons (Fsp3) is 0.500. The second-order valence-corrected chi connectivity index (χ2v) is 4.66. The maximum Gasteiger partial charge on any atom is 0.338 e. The van der Waals surface area contributed by atoms with Crippen LogP contribution in [0.5, 0.6) is 0 Å². The molecule has 1 saturated heterocycles. The van der Waals surface area contributed by atoms with E-state index >= 15 is 0 Å². The topological polar surface area (TPSA) is 85.2 Å². The number of ether oxygens (including phenoxy) is 3. The molecule has 1 aliphatic heterocycles. The summed E-state index contributed by atoms with van der Waals surface area (Å²) in [5, 5.41) is 19.8. The van der Waals surface area contributed by atoms with Gasteiger partial charge in [-0.05, 0) is 19.1 Å². The number of benzene rings is 1. The lowest BCUT2D eigenvalue weighted by Gasteiger charge is -2.40. The lowest BCUT2D eigenvalue weighted by atomic mass is 9.99. The summed E-state index contributed by atoms with van der Waals surface area (Å²) in [6.07, 6.45) is -5.03. The van der Waals surface area contributed by atoms with Crippen LogP contribution in [0.2, 0.25) is 0 Å². The highest BCUT2D eigenvalue weighted by Gasteiger charge is 2.45. The molecule has 2 N–H and O–H groups in total. The van der Waals surface area contributed by atoms with Gasteiger partial charge in [0.25, 0.3) is 0 Å². The summed E-state index contributed by atoms with van der Waals surface area (Å²) in [4.78, 5) is 12.0. The highest BCUT2D eigenvalue weighted by Crippen LogP contribution is 2.24. The number of methoxy groups -OCH3 is 1.